The van der Waals surface area contributed by atoms with Crippen molar-refractivity contribution in [1.29, 1.82) is 5.26 Å². The molecule has 1 N–H and O–H groups in total. The predicted octanol–water partition coefficient (Wildman–Crippen LogP) is 3.70. The van der Waals surface area contributed by atoms with Crippen molar-refractivity contribution in [2.75, 3.05) is 0 Å². The van der Waals surface area contributed by atoms with E-state index in [1.807, 2.05) is 45.0 Å². The number of hydrogen-bond donors (Lipinski definition) is 1. The zero-order chi connectivity index (χ0) is 16.9. The quantitative estimate of drug-likeness (QED) is 0.901. The predicted molar refractivity (Wildman–Crippen MR) is 89.3 cm³/mol. The number of nitrogens with one attached hydrogen (secondary N) is 1. The van der Waals surface area contributed by atoms with Crippen molar-refractivity contribution in [2.24, 2.45) is 5.41 Å². The molecular weight excluding hydrogens is 288 g/mol. The van der Waals surface area contributed by atoms with Crippen LogP contribution in [0, 0.1) is 16.7 Å². The Hall–Kier alpha value is -1.86. The van der Waals surface area contributed by atoms with E-state index < -0.39 is 5.41 Å². The van der Waals surface area contributed by atoms with Crippen LogP contribution in [0.5, 0.6) is 0 Å². The summed E-state index contributed by atoms with van der Waals surface area (Å²) in [4.78, 5) is 12.4. The number of rotatable bonds is 5. The van der Waals surface area contributed by atoms with Crippen LogP contribution in [-0.4, -0.2) is 11.5 Å². The van der Waals surface area contributed by atoms with Gasteiger partial charge < -0.3 is 10.1 Å². The lowest BCUT2D eigenvalue weighted by Gasteiger charge is -2.20. The molecule has 0 radical (unpaired) electrons. The SMILES string of the molecule is CC(C)(C)OCc1cccc(CNC(=O)C2(C#N)CCCC2)c1. The summed E-state index contributed by atoms with van der Waals surface area (Å²) in [7, 11) is 0. The minimum atomic E-state index is -0.813. The Balaban J connectivity index is 1.93. The monoisotopic (exact) mass is 314 g/mol. The highest BCUT2D eigenvalue weighted by Gasteiger charge is 2.41. The van der Waals surface area contributed by atoms with Crippen molar-refractivity contribution in [3.63, 3.8) is 0 Å². The molecule has 4 nitrogen and oxygen atoms in total. The van der Waals surface area contributed by atoms with E-state index in [-0.39, 0.29) is 11.5 Å². The molecule has 1 fully saturated rings. The highest BCUT2D eigenvalue weighted by atomic mass is 16.5. The molecular formula is C19H26N2O2. The van der Waals surface area contributed by atoms with Crippen molar-refractivity contribution in [3.05, 3.63) is 35.4 Å². The van der Waals surface area contributed by atoms with Gasteiger partial charge in [0.05, 0.1) is 18.3 Å². The van der Waals surface area contributed by atoms with Gasteiger partial charge in [0.1, 0.15) is 5.41 Å². The molecule has 0 atom stereocenters. The average Bonchev–Trinajstić information content (AvgIpc) is 3.01. The van der Waals surface area contributed by atoms with Gasteiger partial charge in [-0.2, -0.15) is 5.26 Å². The van der Waals surface area contributed by atoms with Gasteiger partial charge >= 0.3 is 0 Å². The molecule has 1 aromatic rings. The molecule has 1 amide bonds. The van der Waals surface area contributed by atoms with E-state index in [9.17, 15) is 10.1 Å². The van der Waals surface area contributed by atoms with Crippen LogP contribution in [0.3, 0.4) is 0 Å². The molecule has 1 saturated carbocycles. The molecule has 4 heteroatoms. The number of nitrogens with zero attached hydrogens (tertiary/aromatic N) is 1. The molecule has 1 aliphatic rings. The highest BCUT2D eigenvalue weighted by molar-refractivity contribution is 5.85. The molecule has 0 saturated heterocycles. The normalized spacial score (nSPS) is 16.8. The molecule has 0 aliphatic heterocycles. The van der Waals surface area contributed by atoms with Crippen molar-refractivity contribution < 1.29 is 9.53 Å². The topological polar surface area (TPSA) is 62.1 Å². The number of hydrogen-bond acceptors (Lipinski definition) is 3. The first-order valence-corrected chi connectivity index (χ1v) is 8.26. The molecule has 0 heterocycles. The second-order valence-electron chi connectivity index (χ2n) is 7.30. The van der Waals surface area contributed by atoms with Gasteiger partial charge in [0.2, 0.25) is 5.91 Å². The Morgan fingerprint density at radius 1 is 1.30 bits per heavy atom. The van der Waals surface area contributed by atoms with E-state index >= 15 is 0 Å². The molecule has 124 valence electrons. The van der Waals surface area contributed by atoms with Crippen LogP contribution in [0.2, 0.25) is 0 Å². The van der Waals surface area contributed by atoms with Crippen molar-refractivity contribution in [1.82, 2.24) is 5.32 Å². The maximum Gasteiger partial charge on any atom is 0.240 e. The molecule has 0 bridgehead atoms. The summed E-state index contributed by atoms with van der Waals surface area (Å²) in [6.45, 7) is 7.08. The Kier molecular flexibility index (Phi) is 5.43. The summed E-state index contributed by atoms with van der Waals surface area (Å²) >= 11 is 0. The Morgan fingerprint density at radius 2 is 1.96 bits per heavy atom. The molecule has 23 heavy (non-hydrogen) atoms. The van der Waals surface area contributed by atoms with Crippen LogP contribution in [-0.2, 0) is 22.7 Å². The van der Waals surface area contributed by atoms with Crippen LogP contribution in [0.15, 0.2) is 24.3 Å². The van der Waals surface area contributed by atoms with Crippen LogP contribution in [0.25, 0.3) is 0 Å². The fourth-order valence-corrected chi connectivity index (χ4v) is 2.85. The minimum Gasteiger partial charge on any atom is -0.371 e. The number of nitriles is 1. The lowest BCUT2D eigenvalue weighted by atomic mass is 9.87. The van der Waals surface area contributed by atoms with Gasteiger partial charge in [-0.25, -0.2) is 0 Å². The largest absolute Gasteiger partial charge is 0.371 e. The van der Waals surface area contributed by atoms with Crippen molar-refractivity contribution in [3.8, 4) is 6.07 Å². The van der Waals surface area contributed by atoms with E-state index in [1.165, 1.54) is 0 Å². The zero-order valence-corrected chi connectivity index (χ0v) is 14.3. The van der Waals surface area contributed by atoms with Crippen LogP contribution in [0.1, 0.15) is 57.6 Å². The van der Waals surface area contributed by atoms with Gasteiger partial charge in [0.15, 0.2) is 0 Å². The van der Waals surface area contributed by atoms with Gasteiger partial charge in [-0.15, -0.1) is 0 Å². The Morgan fingerprint density at radius 3 is 2.57 bits per heavy atom. The van der Waals surface area contributed by atoms with Gasteiger partial charge in [0.25, 0.3) is 0 Å². The van der Waals surface area contributed by atoms with Crippen LogP contribution < -0.4 is 5.32 Å². The number of carbonyl (C=O) groups is 1. The van der Waals surface area contributed by atoms with Gasteiger partial charge in [-0.1, -0.05) is 37.1 Å². The fraction of sp³-hybridized carbons (Fsp3) is 0.579. The molecule has 2 rings (SSSR count). The van der Waals surface area contributed by atoms with Gasteiger partial charge in [0, 0.05) is 6.54 Å². The first-order valence-electron chi connectivity index (χ1n) is 8.26. The van der Waals surface area contributed by atoms with Crippen molar-refractivity contribution >= 4 is 5.91 Å². The van der Waals surface area contributed by atoms with E-state index in [0.29, 0.717) is 26.0 Å². The first kappa shape index (κ1) is 17.5. The third kappa shape index (κ3) is 4.80. The van der Waals surface area contributed by atoms with Crippen LogP contribution >= 0.6 is 0 Å². The average molecular weight is 314 g/mol. The fourth-order valence-electron chi connectivity index (χ4n) is 2.85. The number of amides is 1. The Labute approximate surface area is 138 Å². The number of carbonyl (C=O) groups excluding carboxylic acids is 1. The van der Waals surface area contributed by atoms with Gasteiger partial charge in [-0.05, 0) is 44.7 Å². The van der Waals surface area contributed by atoms with E-state index in [0.717, 1.165) is 24.0 Å². The number of benzene rings is 1. The molecule has 1 aliphatic carbocycles. The Bertz CT molecular complexity index is 590. The second kappa shape index (κ2) is 7.14. The van der Waals surface area contributed by atoms with E-state index in [2.05, 4.69) is 11.4 Å². The standard InChI is InChI=1S/C19H26N2O2/c1-18(2,3)23-13-16-8-6-7-15(11-16)12-21-17(22)19(14-20)9-4-5-10-19/h6-8,11H,4-5,9-10,12-13H2,1-3H3,(H,21,22). The van der Waals surface area contributed by atoms with E-state index in [1.54, 1.807) is 0 Å². The summed E-state index contributed by atoms with van der Waals surface area (Å²) in [5, 5.41) is 12.3. The van der Waals surface area contributed by atoms with Crippen LogP contribution in [0.4, 0.5) is 0 Å². The lowest BCUT2D eigenvalue weighted by molar-refractivity contribution is -0.128. The summed E-state index contributed by atoms with van der Waals surface area (Å²) in [6.07, 6.45) is 3.27. The first-order chi connectivity index (χ1) is 10.8. The molecule has 0 unspecified atom stereocenters. The van der Waals surface area contributed by atoms with Crippen molar-refractivity contribution in [2.45, 2.75) is 65.2 Å². The summed E-state index contributed by atoms with van der Waals surface area (Å²) in [5.41, 5.74) is 1.13. The summed E-state index contributed by atoms with van der Waals surface area (Å²) in [5.74, 6) is -0.131. The zero-order valence-electron chi connectivity index (χ0n) is 14.3. The third-order valence-corrected chi connectivity index (χ3v) is 4.22. The summed E-state index contributed by atoms with van der Waals surface area (Å²) < 4.78 is 5.78. The summed E-state index contributed by atoms with van der Waals surface area (Å²) in [6, 6.07) is 10.2. The maximum atomic E-state index is 12.4. The number of ether oxygens (including phenoxy) is 1. The molecule has 0 aromatic heterocycles. The van der Waals surface area contributed by atoms with E-state index in [4.69, 9.17) is 4.74 Å². The molecule has 0 spiro atoms. The maximum absolute atomic E-state index is 12.4. The molecule has 1 aromatic carbocycles. The second-order valence-corrected chi connectivity index (χ2v) is 7.30. The minimum absolute atomic E-state index is 0.131. The van der Waals surface area contributed by atoms with Gasteiger partial charge in [-0.3, -0.25) is 4.79 Å². The lowest BCUT2D eigenvalue weighted by Crippen LogP contribution is -2.37. The highest BCUT2D eigenvalue weighted by Crippen LogP contribution is 2.37. The third-order valence-electron chi connectivity index (χ3n) is 4.22. The smallest absolute Gasteiger partial charge is 0.240 e.